The number of rotatable bonds is 3. The van der Waals surface area contributed by atoms with E-state index < -0.39 is 11.0 Å². The van der Waals surface area contributed by atoms with E-state index in [9.17, 15) is 20.0 Å². The molecule has 1 aromatic carbocycles. The molecule has 0 bridgehead atoms. The zero-order valence-electron chi connectivity index (χ0n) is 13.9. The van der Waals surface area contributed by atoms with E-state index >= 15 is 0 Å². The Balaban J connectivity index is 2.12. The van der Waals surface area contributed by atoms with Crippen LogP contribution in [0, 0.1) is 15.5 Å². The van der Waals surface area contributed by atoms with Gasteiger partial charge < -0.3 is 14.7 Å². The lowest BCUT2D eigenvalue weighted by Gasteiger charge is -2.44. The standard InChI is InChI=1S/C16H21BrN2O5/c1-16(2,3)14-9-11(6-7-18(14)15(20)21)24-10-4-5-13(19(22)23)12(17)8-10/h4-5,8,11,14H,6-7,9H2,1-3H3,(H,20,21). The minimum absolute atomic E-state index is 0.0179. The molecule has 0 radical (unpaired) electrons. The number of nitro benzene ring substituents is 1. The third-order valence-corrected chi connectivity index (χ3v) is 4.85. The largest absolute Gasteiger partial charge is 0.490 e. The smallest absolute Gasteiger partial charge is 0.407 e. The fourth-order valence-electron chi connectivity index (χ4n) is 2.99. The molecule has 0 aliphatic carbocycles. The number of likely N-dealkylation sites (tertiary alicyclic amines) is 1. The Bertz CT molecular complexity index is 644. The van der Waals surface area contributed by atoms with Gasteiger partial charge in [-0.25, -0.2) is 4.79 Å². The average molecular weight is 401 g/mol. The lowest BCUT2D eigenvalue weighted by atomic mass is 9.80. The lowest BCUT2D eigenvalue weighted by Crippen LogP contribution is -2.53. The SMILES string of the molecule is CC(C)(C)C1CC(Oc2ccc([N+](=O)[O-])c(Br)c2)CCN1C(=O)O. The number of amides is 1. The molecule has 0 aromatic heterocycles. The molecule has 24 heavy (non-hydrogen) atoms. The van der Waals surface area contributed by atoms with Crippen LogP contribution in [0.25, 0.3) is 0 Å². The molecule has 8 heteroatoms. The fourth-order valence-corrected chi connectivity index (χ4v) is 3.49. The molecule has 2 atom stereocenters. The summed E-state index contributed by atoms with van der Waals surface area (Å²) in [5.41, 5.74) is -0.216. The molecule has 0 saturated carbocycles. The number of ether oxygens (including phenoxy) is 1. The van der Waals surface area contributed by atoms with Crippen LogP contribution >= 0.6 is 15.9 Å². The highest BCUT2D eigenvalue weighted by atomic mass is 79.9. The summed E-state index contributed by atoms with van der Waals surface area (Å²) in [7, 11) is 0. The van der Waals surface area contributed by atoms with Gasteiger partial charge in [-0.3, -0.25) is 10.1 Å². The van der Waals surface area contributed by atoms with Crippen molar-refractivity contribution in [2.45, 2.75) is 45.8 Å². The highest BCUT2D eigenvalue weighted by Gasteiger charge is 2.39. The zero-order chi connectivity index (χ0) is 18.1. The van der Waals surface area contributed by atoms with Crippen LogP contribution in [-0.4, -0.2) is 39.7 Å². The summed E-state index contributed by atoms with van der Waals surface area (Å²) in [4.78, 5) is 23.3. The van der Waals surface area contributed by atoms with Crippen LogP contribution in [0.1, 0.15) is 33.6 Å². The Morgan fingerprint density at radius 1 is 1.46 bits per heavy atom. The van der Waals surface area contributed by atoms with Crippen LogP contribution < -0.4 is 4.74 Å². The van der Waals surface area contributed by atoms with Gasteiger partial charge in [0.2, 0.25) is 0 Å². The number of carboxylic acid groups (broad SMARTS) is 1. The van der Waals surface area contributed by atoms with E-state index in [1.165, 1.54) is 11.0 Å². The second-order valence-corrected chi connectivity index (χ2v) is 7.85. The molecular formula is C16H21BrN2O5. The summed E-state index contributed by atoms with van der Waals surface area (Å²) in [5, 5.41) is 20.2. The van der Waals surface area contributed by atoms with E-state index in [1.54, 1.807) is 12.1 Å². The monoisotopic (exact) mass is 400 g/mol. The minimum Gasteiger partial charge on any atom is -0.490 e. The van der Waals surface area contributed by atoms with Crippen molar-refractivity contribution in [1.82, 2.24) is 4.90 Å². The predicted octanol–water partition coefficient (Wildman–Crippen LogP) is 4.29. The van der Waals surface area contributed by atoms with Crippen LogP contribution in [0.2, 0.25) is 0 Å². The zero-order valence-corrected chi connectivity index (χ0v) is 15.4. The quantitative estimate of drug-likeness (QED) is 0.602. The summed E-state index contributed by atoms with van der Waals surface area (Å²) in [5.74, 6) is 0.536. The lowest BCUT2D eigenvalue weighted by molar-refractivity contribution is -0.385. The molecular weight excluding hydrogens is 380 g/mol. The van der Waals surface area contributed by atoms with E-state index in [4.69, 9.17) is 4.74 Å². The molecule has 1 amide bonds. The van der Waals surface area contributed by atoms with Crippen LogP contribution in [0.3, 0.4) is 0 Å². The molecule has 1 saturated heterocycles. The number of nitrogens with zero attached hydrogens (tertiary/aromatic N) is 2. The average Bonchev–Trinajstić information content (AvgIpc) is 2.45. The molecule has 2 unspecified atom stereocenters. The molecule has 132 valence electrons. The van der Waals surface area contributed by atoms with E-state index in [2.05, 4.69) is 15.9 Å². The highest BCUT2D eigenvalue weighted by molar-refractivity contribution is 9.10. The molecule has 0 spiro atoms. The number of benzene rings is 1. The third-order valence-electron chi connectivity index (χ3n) is 4.22. The Morgan fingerprint density at radius 3 is 2.62 bits per heavy atom. The van der Waals surface area contributed by atoms with Crippen molar-refractivity contribution in [3.63, 3.8) is 0 Å². The summed E-state index contributed by atoms with van der Waals surface area (Å²) < 4.78 is 6.31. The number of nitro groups is 1. The summed E-state index contributed by atoms with van der Waals surface area (Å²) in [6.45, 7) is 6.45. The number of hydrogen-bond acceptors (Lipinski definition) is 4. The van der Waals surface area contributed by atoms with Gasteiger partial charge in [0.25, 0.3) is 5.69 Å². The maximum atomic E-state index is 11.4. The summed E-state index contributed by atoms with van der Waals surface area (Å²) >= 11 is 3.18. The molecule has 1 N–H and O–H groups in total. The summed E-state index contributed by atoms with van der Waals surface area (Å²) in [6, 6.07) is 4.40. The van der Waals surface area contributed by atoms with Gasteiger partial charge in [-0.05, 0) is 27.4 Å². The summed E-state index contributed by atoms with van der Waals surface area (Å²) in [6.07, 6.45) is 0.141. The second-order valence-electron chi connectivity index (χ2n) is 6.99. The number of carbonyl (C=O) groups is 1. The normalized spacial score (nSPS) is 21.4. The Kier molecular flexibility index (Phi) is 5.37. The Morgan fingerprint density at radius 2 is 2.12 bits per heavy atom. The van der Waals surface area contributed by atoms with Crippen molar-refractivity contribution in [2.75, 3.05) is 6.54 Å². The van der Waals surface area contributed by atoms with Crippen LogP contribution in [0.4, 0.5) is 10.5 Å². The van der Waals surface area contributed by atoms with Crippen LogP contribution in [0.5, 0.6) is 5.75 Å². The van der Waals surface area contributed by atoms with Crippen LogP contribution in [-0.2, 0) is 0 Å². The number of halogens is 1. The van der Waals surface area contributed by atoms with Gasteiger partial charge in [-0.1, -0.05) is 20.8 Å². The van der Waals surface area contributed by atoms with Gasteiger partial charge in [0, 0.05) is 37.6 Å². The first-order valence-corrected chi connectivity index (χ1v) is 8.49. The maximum Gasteiger partial charge on any atom is 0.407 e. The van der Waals surface area contributed by atoms with Crippen molar-refractivity contribution in [1.29, 1.82) is 0 Å². The first kappa shape index (κ1) is 18.5. The van der Waals surface area contributed by atoms with E-state index in [0.29, 0.717) is 29.6 Å². The van der Waals surface area contributed by atoms with E-state index in [0.717, 1.165) is 0 Å². The molecule has 1 heterocycles. The second kappa shape index (κ2) is 6.96. The molecule has 2 rings (SSSR count). The number of piperidine rings is 1. The van der Waals surface area contributed by atoms with E-state index in [-0.39, 0.29) is 23.2 Å². The minimum atomic E-state index is -0.911. The van der Waals surface area contributed by atoms with Crippen LogP contribution in [0.15, 0.2) is 22.7 Å². The van der Waals surface area contributed by atoms with Gasteiger partial charge in [0.15, 0.2) is 0 Å². The first-order chi connectivity index (χ1) is 11.1. The highest BCUT2D eigenvalue weighted by Crippen LogP contribution is 2.35. The number of hydrogen-bond donors (Lipinski definition) is 1. The van der Waals surface area contributed by atoms with Gasteiger partial charge in [-0.2, -0.15) is 0 Å². The van der Waals surface area contributed by atoms with Gasteiger partial charge >= 0.3 is 6.09 Å². The van der Waals surface area contributed by atoms with Crippen molar-refractivity contribution < 1.29 is 19.6 Å². The molecule has 7 nitrogen and oxygen atoms in total. The molecule has 1 aromatic rings. The first-order valence-electron chi connectivity index (χ1n) is 7.69. The predicted molar refractivity (Wildman–Crippen MR) is 92.4 cm³/mol. The van der Waals surface area contributed by atoms with E-state index in [1.807, 2.05) is 20.8 Å². The molecule has 1 aliphatic rings. The van der Waals surface area contributed by atoms with Gasteiger partial charge in [0.05, 0.1) is 9.40 Å². The Labute approximate surface area is 148 Å². The molecule has 1 fully saturated rings. The third kappa shape index (κ3) is 4.17. The topological polar surface area (TPSA) is 92.9 Å². The van der Waals surface area contributed by atoms with Crippen molar-refractivity contribution in [3.8, 4) is 5.75 Å². The van der Waals surface area contributed by atoms with Crippen molar-refractivity contribution in [2.24, 2.45) is 5.41 Å². The Hall–Kier alpha value is -1.83. The van der Waals surface area contributed by atoms with Gasteiger partial charge in [-0.15, -0.1) is 0 Å². The molecule has 1 aliphatic heterocycles. The maximum absolute atomic E-state index is 11.4. The van der Waals surface area contributed by atoms with Gasteiger partial charge in [0.1, 0.15) is 11.9 Å². The van der Waals surface area contributed by atoms with Crippen molar-refractivity contribution >= 4 is 27.7 Å². The fraction of sp³-hybridized carbons (Fsp3) is 0.562. The van der Waals surface area contributed by atoms with Crippen molar-refractivity contribution in [3.05, 3.63) is 32.8 Å².